The molecule has 0 bridgehead atoms. The molecule has 5 rings (SSSR count). The summed E-state index contributed by atoms with van der Waals surface area (Å²) >= 11 is 3.43. The molecule has 4 N–H and O–H groups in total. The Morgan fingerprint density at radius 1 is 1.13 bits per heavy atom. The van der Waals surface area contributed by atoms with Crippen molar-refractivity contribution < 1.29 is 4.39 Å². The molecule has 1 aliphatic carbocycles. The maximum atomic E-state index is 14.4. The minimum Gasteiger partial charge on any atom is -0.383 e. The predicted octanol–water partition coefficient (Wildman–Crippen LogP) is 4.86. The minimum absolute atomic E-state index is 0.181. The molecule has 1 aliphatic rings. The molecule has 0 amide bonds. The molecule has 6 nitrogen and oxygen atoms in total. The van der Waals surface area contributed by atoms with Crippen molar-refractivity contribution in [2.75, 3.05) is 11.5 Å². The number of benzene rings is 1. The Morgan fingerprint density at radius 2 is 2.00 bits per heavy atom. The van der Waals surface area contributed by atoms with Crippen LogP contribution in [0.15, 0.2) is 41.1 Å². The largest absolute Gasteiger partial charge is 0.383 e. The Morgan fingerprint density at radius 3 is 2.87 bits per heavy atom. The fraction of sp³-hybridized carbons (Fsp3) is 0.318. The summed E-state index contributed by atoms with van der Waals surface area (Å²) < 4.78 is 16.8. The highest BCUT2D eigenvalue weighted by Gasteiger charge is 2.29. The van der Waals surface area contributed by atoms with Crippen LogP contribution in [0.2, 0.25) is 0 Å². The van der Waals surface area contributed by atoms with Crippen molar-refractivity contribution in [3.63, 3.8) is 0 Å². The zero-order valence-electron chi connectivity index (χ0n) is 16.4. The van der Waals surface area contributed by atoms with E-state index in [4.69, 9.17) is 11.5 Å². The van der Waals surface area contributed by atoms with E-state index in [9.17, 15) is 4.39 Å². The Balaban J connectivity index is 1.29. The van der Waals surface area contributed by atoms with Gasteiger partial charge >= 0.3 is 0 Å². The van der Waals surface area contributed by atoms with E-state index in [1.165, 1.54) is 11.9 Å². The molecule has 0 radical (unpaired) electrons. The zero-order chi connectivity index (χ0) is 20.8. The summed E-state index contributed by atoms with van der Waals surface area (Å²) in [5.41, 5.74) is 15.1. The number of hydrogen-bond donors (Lipinski definition) is 2. The number of halogens is 2. The molecule has 3 aromatic heterocycles. The molecular formula is C22H22BrFN6. The van der Waals surface area contributed by atoms with Crippen LogP contribution in [0.25, 0.3) is 16.4 Å². The molecule has 1 aromatic carbocycles. The number of nitrogen functional groups attached to an aromatic ring is 2. The smallest absolute Gasteiger partial charge is 0.154 e. The molecule has 1 fully saturated rings. The summed E-state index contributed by atoms with van der Waals surface area (Å²) in [6.45, 7) is 0. The van der Waals surface area contributed by atoms with Gasteiger partial charge in [0.1, 0.15) is 17.7 Å². The predicted molar refractivity (Wildman–Crippen MR) is 120 cm³/mol. The van der Waals surface area contributed by atoms with Crippen LogP contribution in [0.5, 0.6) is 0 Å². The van der Waals surface area contributed by atoms with Crippen molar-refractivity contribution in [3.8, 4) is 0 Å². The van der Waals surface area contributed by atoms with E-state index in [0.29, 0.717) is 11.7 Å². The highest BCUT2D eigenvalue weighted by molar-refractivity contribution is 9.10. The second-order valence-electron chi connectivity index (χ2n) is 8.12. The fourth-order valence-corrected chi connectivity index (χ4v) is 5.01. The standard InChI is InChI=1S/C22H22BrFN6/c23-16-9-14-5-3-13(8-18(14)29-21(16)25)2-1-12-4-6-15(7-12)19-10-17(24)20-22(26)27-11-28-30(19)20/h3,5,8-12,15H,1-2,4,6-7H2,(H2,25,29)(H2,26,27,28). The molecule has 1 saturated carbocycles. The fourth-order valence-electron chi connectivity index (χ4n) is 4.67. The van der Waals surface area contributed by atoms with Gasteiger partial charge in [-0.1, -0.05) is 12.1 Å². The first-order chi connectivity index (χ1) is 14.5. The van der Waals surface area contributed by atoms with Gasteiger partial charge in [0.15, 0.2) is 11.6 Å². The van der Waals surface area contributed by atoms with Gasteiger partial charge in [0, 0.05) is 17.0 Å². The van der Waals surface area contributed by atoms with E-state index in [-0.39, 0.29) is 23.1 Å². The molecule has 8 heteroatoms. The summed E-state index contributed by atoms with van der Waals surface area (Å²) in [5, 5.41) is 5.31. The van der Waals surface area contributed by atoms with Crippen molar-refractivity contribution in [1.29, 1.82) is 0 Å². The van der Waals surface area contributed by atoms with E-state index >= 15 is 0 Å². The van der Waals surface area contributed by atoms with Crippen LogP contribution < -0.4 is 11.5 Å². The number of aromatic nitrogens is 4. The number of anilines is 2. The third-order valence-electron chi connectivity index (χ3n) is 6.23. The van der Waals surface area contributed by atoms with Crippen molar-refractivity contribution in [3.05, 3.63) is 58.2 Å². The monoisotopic (exact) mass is 468 g/mol. The zero-order valence-corrected chi connectivity index (χ0v) is 17.9. The molecule has 0 aliphatic heterocycles. The quantitative estimate of drug-likeness (QED) is 0.445. The van der Waals surface area contributed by atoms with Gasteiger partial charge in [-0.05, 0) is 77.7 Å². The molecule has 0 saturated heterocycles. The van der Waals surface area contributed by atoms with Gasteiger partial charge in [-0.15, -0.1) is 0 Å². The Kier molecular flexibility index (Phi) is 4.81. The van der Waals surface area contributed by atoms with Gasteiger partial charge in [-0.25, -0.2) is 18.9 Å². The number of hydrogen-bond acceptors (Lipinski definition) is 5. The van der Waals surface area contributed by atoms with E-state index in [0.717, 1.165) is 53.2 Å². The summed E-state index contributed by atoms with van der Waals surface area (Å²) in [6, 6.07) is 9.96. The van der Waals surface area contributed by atoms with Gasteiger partial charge in [0.25, 0.3) is 0 Å². The van der Waals surface area contributed by atoms with Crippen molar-refractivity contribution in [2.45, 2.75) is 38.0 Å². The normalized spacial score (nSPS) is 19.1. The number of fused-ring (bicyclic) bond motifs is 2. The highest BCUT2D eigenvalue weighted by atomic mass is 79.9. The average Bonchev–Trinajstić information content (AvgIpc) is 3.32. The van der Waals surface area contributed by atoms with Gasteiger partial charge < -0.3 is 11.5 Å². The first kappa shape index (κ1) is 19.2. The maximum Gasteiger partial charge on any atom is 0.154 e. The number of pyridine rings is 1. The molecule has 3 heterocycles. The van der Waals surface area contributed by atoms with Crippen molar-refractivity contribution in [1.82, 2.24) is 19.6 Å². The number of rotatable bonds is 4. The molecule has 2 unspecified atom stereocenters. The van der Waals surface area contributed by atoms with E-state index in [1.54, 1.807) is 10.6 Å². The second-order valence-corrected chi connectivity index (χ2v) is 8.97. The summed E-state index contributed by atoms with van der Waals surface area (Å²) in [6.07, 6.45) is 6.66. The Bertz CT molecular complexity index is 1250. The van der Waals surface area contributed by atoms with Gasteiger partial charge in [-0.3, -0.25) is 0 Å². The summed E-state index contributed by atoms with van der Waals surface area (Å²) in [7, 11) is 0. The van der Waals surface area contributed by atoms with Crippen molar-refractivity contribution >= 4 is 44.0 Å². The lowest BCUT2D eigenvalue weighted by atomic mass is 9.95. The lowest BCUT2D eigenvalue weighted by Crippen LogP contribution is -2.05. The van der Waals surface area contributed by atoms with Crippen LogP contribution in [0.4, 0.5) is 16.0 Å². The summed E-state index contributed by atoms with van der Waals surface area (Å²) in [5.74, 6) is 1.23. The molecular weight excluding hydrogens is 447 g/mol. The number of nitrogens with zero attached hydrogens (tertiary/aromatic N) is 4. The number of nitrogens with two attached hydrogens (primary N) is 2. The Hall–Kier alpha value is -2.74. The molecule has 30 heavy (non-hydrogen) atoms. The van der Waals surface area contributed by atoms with Crippen molar-refractivity contribution in [2.24, 2.45) is 5.92 Å². The summed E-state index contributed by atoms with van der Waals surface area (Å²) in [4.78, 5) is 8.38. The van der Waals surface area contributed by atoms with Crippen LogP contribution in [0.1, 0.15) is 42.9 Å². The first-order valence-electron chi connectivity index (χ1n) is 10.1. The van der Waals surface area contributed by atoms with Crippen LogP contribution in [-0.4, -0.2) is 19.6 Å². The van der Waals surface area contributed by atoms with E-state index < -0.39 is 0 Å². The lowest BCUT2D eigenvalue weighted by Gasteiger charge is -2.12. The molecule has 154 valence electrons. The maximum absolute atomic E-state index is 14.4. The third kappa shape index (κ3) is 3.39. The van der Waals surface area contributed by atoms with Gasteiger partial charge in [0.2, 0.25) is 0 Å². The lowest BCUT2D eigenvalue weighted by molar-refractivity contribution is 0.493. The average molecular weight is 469 g/mol. The van der Waals surface area contributed by atoms with Crippen LogP contribution in [-0.2, 0) is 6.42 Å². The topological polar surface area (TPSA) is 95.1 Å². The Labute approximate surface area is 181 Å². The van der Waals surface area contributed by atoms with Crippen LogP contribution in [0.3, 0.4) is 0 Å². The first-order valence-corrected chi connectivity index (χ1v) is 10.9. The highest BCUT2D eigenvalue weighted by Crippen LogP contribution is 2.41. The molecule has 0 spiro atoms. The molecule has 2 atom stereocenters. The van der Waals surface area contributed by atoms with E-state index in [1.807, 2.05) is 6.07 Å². The SMILES string of the molecule is Nc1nc2cc(CCC3CCC(c4cc(F)c5c(N)ncnn45)C3)ccc2cc1Br. The van der Waals surface area contributed by atoms with Gasteiger partial charge in [-0.2, -0.15) is 5.10 Å². The number of aryl methyl sites for hydroxylation is 1. The van der Waals surface area contributed by atoms with E-state index in [2.05, 4.69) is 49.2 Å². The second kappa shape index (κ2) is 7.50. The van der Waals surface area contributed by atoms with Crippen LogP contribution >= 0.6 is 15.9 Å². The third-order valence-corrected chi connectivity index (χ3v) is 6.86. The van der Waals surface area contributed by atoms with Crippen LogP contribution in [0, 0.1) is 11.7 Å². The van der Waals surface area contributed by atoms with Gasteiger partial charge in [0.05, 0.1) is 9.99 Å². The minimum atomic E-state index is -0.346. The molecule has 4 aromatic rings.